The van der Waals surface area contributed by atoms with E-state index < -0.39 is 11.7 Å². The summed E-state index contributed by atoms with van der Waals surface area (Å²) in [7, 11) is 0. The van der Waals surface area contributed by atoms with Crippen LogP contribution in [-0.4, -0.2) is 18.0 Å². The lowest BCUT2D eigenvalue weighted by molar-refractivity contribution is -0.108. The van der Waals surface area contributed by atoms with E-state index in [9.17, 15) is 9.59 Å². The summed E-state index contributed by atoms with van der Waals surface area (Å²) >= 11 is 0. The lowest BCUT2D eigenvalue weighted by Crippen LogP contribution is -2.35. The largest absolute Gasteiger partial charge is 0.444 e. The third-order valence-corrected chi connectivity index (χ3v) is 2.67. The molecule has 0 aliphatic heterocycles. The van der Waals surface area contributed by atoms with Gasteiger partial charge in [-0.05, 0) is 40.2 Å². The Morgan fingerprint density at radius 2 is 1.80 bits per heavy atom. The Balaban J connectivity index is 2.88. The molecule has 0 aliphatic rings. The molecule has 0 spiro atoms. The van der Waals surface area contributed by atoms with E-state index in [4.69, 9.17) is 4.74 Å². The van der Waals surface area contributed by atoms with Gasteiger partial charge in [0.2, 0.25) is 0 Å². The minimum absolute atomic E-state index is 0.224. The quantitative estimate of drug-likeness (QED) is 0.857. The SMILES string of the molecule is Cc1cc(C)cc([C@H](CC=O)NC(=O)OC(C)(C)C)c1. The number of hydrogen-bond donors (Lipinski definition) is 1. The standard InChI is InChI=1S/C16H23NO3/c1-11-8-12(2)10-13(9-11)14(6-7-18)17-15(19)20-16(3,4)5/h7-10,14H,6H2,1-5H3,(H,17,19)/t14-/m0/s1. The van der Waals surface area contributed by atoms with E-state index in [1.54, 1.807) is 20.8 Å². The molecule has 0 unspecified atom stereocenters. The second-order valence-corrected chi connectivity index (χ2v) is 6.02. The molecular weight excluding hydrogens is 254 g/mol. The van der Waals surface area contributed by atoms with Crippen molar-refractivity contribution in [2.45, 2.75) is 52.7 Å². The van der Waals surface area contributed by atoms with Gasteiger partial charge >= 0.3 is 6.09 Å². The molecular formula is C16H23NO3. The lowest BCUT2D eigenvalue weighted by Gasteiger charge is -2.23. The number of carbonyl (C=O) groups excluding carboxylic acids is 2. The van der Waals surface area contributed by atoms with E-state index >= 15 is 0 Å². The summed E-state index contributed by atoms with van der Waals surface area (Å²) < 4.78 is 5.23. The summed E-state index contributed by atoms with van der Waals surface area (Å²) in [6, 6.07) is 5.63. The third-order valence-electron chi connectivity index (χ3n) is 2.67. The smallest absolute Gasteiger partial charge is 0.408 e. The molecule has 0 radical (unpaired) electrons. The normalized spacial score (nSPS) is 12.7. The monoisotopic (exact) mass is 277 g/mol. The van der Waals surface area contributed by atoms with E-state index in [2.05, 4.69) is 11.4 Å². The minimum atomic E-state index is -0.557. The number of alkyl carbamates (subject to hydrolysis) is 1. The summed E-state index contributed by atoms with van der Waals surface area (Å²) in [4.78, 5) is 22.7. The molecule has 0 saturated heterocycles. The molecule has 1 aromatic rings. The van der Waals surface area contributed by atoms with Crippen molar-refractivity contribution in [2.75, 3.05) is 0 Å². The van der Waals surface area contributed by atoms with Gasteiger partial charge < -0.3 is 14.8 Å². The van der Waals surface area contributed by atoms with Crippen LogP contribution in [0.3, 0.4) is 0 Å². The van der Waals surface area contributed by atoms with Gasteiger partial charge in [0.1, 0.15) is 11.9 Å². The lowest BCUT2D eigenvalue weighted by atomic mass is 9.99. The van der Waals surface area contributed by atoms with Gasteiger partial charge in [0.05, 0.1) is 6.04 Å². The number of ether oxygens (including phenoxy) is 1. The first kappa shape index (κ1) is 16.2. The van der Waals surface area contributed by atoms with E-state index in [1.165, 1.54) is 0 Å². The average molecular weight is 277 g/mol. The van der Waals surface area contributed by atoms with E-state index in [-0.39, 0.29) is 12.5 Å². The Morgan fingerprint density at radius 3 is 2.25 bits per heavy atom. The van der Waals surface area contributed by atoms with Crippen molar-refractivity contribution in [3.05, 3.63) is 34.9 Å². The van der Waals surface area contributed by atoms with Crippen molar-refractivity contribution in [3.8, 4) is 0 Å². The molecule has 1 aromatic carbocycles. The van der Waals surface area contributed by atoms with Gasteiger partial charge in [-0.15, -0.1) is 0 Å². The topological polar surface area (TPSA) is 55.4 Å². The van der Waals surface area contributed by atoms with Gasteiger partial charge in [0.15, 0.2) is 0 Å². The molecule has 1 atom stereocenters. The number of hydrogen-bond acceptors (Lipinski definition) is 3. The highest BCUT2D eigenvalue weighted by molar-refractivity contribution is 5.69. The highest BCUT2D eigenvalue weighted by atomic mass is 16.6. The van der Waals surface area contributed by atoms with Crippen LogP contribution >= 0.6 is 0 Å². The van der Waals surface area contributed by atoms with Crippen LogP contribution in [0.25, 0.3) is 0 Å². The second-order valence-electron chi connectivity index (χ2n) is 6.02. The molecule has 1 amide bonds. The average Bonchev–Trinajstić information content (AvgIpc) is 2.24. The van der Waals surface area contributed by atoms with Crippen LogP contribution in [-0.2, 0) is 9.53 Å². The molecule has 0 heterocycles. The predicted octanol–water partition coefficient (Wildman–Crippen LogP) is 3.46. The summed E-state index contributed by atoms with van der Waals surface area (Å²) in [5.41, 5.74) is 2.56. The first-order valence-electron chi connectivity index (χ1n) is 6.72. The van der Waals surface area contributed by atoms with Crippen molar-refractivity contribution in [2.24, 2.45) is 0 Å². The number of nitrogens with one attached hydrogen (secondary N) is 1. The molecule has 1 rings (SSSR count). The second kappa shape index (κ2) is 6.55. The highest BCUT2D eigenvalue weighted by Crippen LogP contribution is 2.20. The van der Waals surface area contributed by atoms with Crippen LogP contribution in [0.15, 0.2) is 18.2 Å². The fraction of sp³-hybridized carbons (Fsp3) is 0.500. The summed E-state index contributed by atoms with van der Waals surface area (Å²) in [6.07, 6.45) is 0.519. The predicted molar refractivity (Wildman–Crippen MR) is 78.7 cm³/mol. The Hall–Kier alpha value is -1.84. The summed E-state index contributed by atoms with van der Waals surface area (Å²) in [6.45, 7) is 9.39. The number of aryl methyl sites for hydroxylation is 2. The van der Waals surface area contributed by atoms with Crippen LogP contribution in [0.5, 0.6) is 0 Å². The van der Waals surface area contributed by atoms with Crippen molar-refractivity contribution in [1.29, 1.82) is 0 Å². The Bertz CT molecular complexity index is 469. The van der Waals surface area contributed by atoms with E-state index in [0.717, 1.165) is 23.0 Å². The molecule has 0 fully saturated rings. The molecule has 0 bridgehead atoms. The van der Waals surface area contributed by atoms with Crippen molar-refractivity contribution < 1.29 is 14.3 Å². The Kier molecular flexibility index (Phi) is 5.31. The van der Waals surface area contributed by atoms with Crippen LogP contribution in [0.4, 0.5) is 4.79 Å². The van der Waals surface area contributed by atoms with Crippen molar-refractivity contribution in [3.63, 3.8) is 0 Å². The molecule has 20 heavy (non-hydrogen) atoms. The summed E-state index contributed by atoms with van der Waals surface area (Å²) in [5, 5.41) is 2.75. The Morgan fingerprint density at radius 1 is 1.25 bits per heavy atom. The van der Waals surface area contributed by atoms with Crippen LogP contribution in [0, 0.1) is 13.8 Å². The number of amides is 1. The molecule has 1 N–H and O–H groups in total. The van der Waals surface area contributed by atoms with Crippen LogP contribution in [0.1, 0.15) is 49.9 Å². The van der Waals surface area contributed by atoms with E-state index in [0.29, 0.717) is 0 Å². The van der Waals surface area contributed by atoms with Crippen molar-refractivity contribution in [1.82, 2.24) is 5.32 Å². The van der Waals surface area contributed by atoms with Crippen LogP contribution < -0.4 is 5.32 Å². The molecule has 0 aromatic heterocycles. The fourth-order valence-electron chi connectivity index (χ4n) is 2.04. The number of carbonyl (C=O) groups is 2. The minimum Gasteiger partial charge on any atom is -0.444 e. The Labute approximate surface area is 120 Å². The molecule has 0 aliphatic carbocycles. The first-order valence-corrected chi connectivity index (χ1v) is 6.72. The maximum Gasteiger partial charge on any atom is 0.408 e. The molecule has 4 nitrogen and oxygen atoms in total. The van der Waals surface area contributed by atoms with Gasteiger partial charge in [0, 0.05) is 6.42 Å². The zero-order chi connectivity index (χ0) is 15.3. The van der Waals surface area contributed by atoms with Crippen LogP contribution in [0.2, 0.25) is 0 Å². The molecule has 0 saturated carbocycles. The highest BCUT2D eigenvalue weighted by Gasteiger charge is 2.20. The molecule has 4 heteroatoms. The first-order chi connectivity index (χ1) is 9.21. The summed E-state index contributed by atoms with van der Waals surface area (Å²) in [5.74, 6) is 0. The zero-order valence-electron chi connectivity index (χ0n) is 12.8. The van der Waals surface area contributed by atoms with Gasteiger partial charge in [0.25, 0.3) is 0 Å². The van der Waals surface area contributed by atoms with Crippen molar-refractivity contribution >= 4 is 12.4 Å². The van der Waals surface area contributed by atoms with Gasteiger partial charge in [-0.2, -0.15) is 0 Å². The van der Waals surface area contributed by atoms with Gasteiger partial charge in [-0.25, -0.2) is 4.79 Å². The zero-order valence-corrected chi connectivity index (χ0v) is 12.8. The fourth-order valence-corrected chi connectivity index (χ4v) is 2.04. The van der Waals surface area contributed by atoms with Gasteiger partial charge in [-0.1, -0.05) is 29.3 Å². The maximum absolute atomic E-state index is 11.8. The molecule has 110 valence electrons. The van der Waals surface area contributed by atoms with E-state index in [1.807, 2.05) is 26.0 Å². The van der Waals surface area contributed by atoms with Gasteiger partial charge in [-0.3, -0.25) is 0 Å². The third kappa shape index (κ3) is 5.43. The number of benzene rings is 1. The number of rotatable bonds is 4. The number of aldehydes is 1. The maximum atomic E-state index is 11.8.